The molecule has 0 unspecified atom stereocenters. The molecule has 0 aromatic carbocycles. The lowest BCUT2D eigenvalue weighted by atomic mass is 10.1. The minimum Gasteiger partial charge on any atom is -0.394 e. The van der Waals surface area contributed by atoms with Crippen molar-refractivity contribution in [3.8, 4) is 5.82 Å². The van der Waals surface area contributed by atoms with Gasteiger partial charge in [-0.05, 0) is 12.0 Å². The lowest BCUT2D eigenvalue weighted by Gasteiger charge is -2.07. The van der Waals surface area contributed by atoms with Crippen molar-refractivity contribution in [2.45, 2.75) is 19.8 Å². The normalized spacial score (nSPS) is 11.1. The number of carbonyl (C=O) groups excluding carboxylic acids is 1. The van der Waals surface area contributed by atoms with E-state index < -0.39 is 0 Å². The second-order valence-corrected chi connectivity index (χ2v) is 5.25. The first-order valence-electron chi connectivity index (χ1n) is 6.43. The van der Waals surface area contributed by atoms with Crippen LogP contribution in [0, 0.1) is 0 Å². The van der Waals surface area contributed by atoms with Crippen molar-refractivity contribution >= 4 is 11.6 Å². The minimum atomic E-state index is -0.145. The molecular formula is C13H20N6O. The van der Waals surface area contributed by atoms with Gasteiger partial charge in [0.1, 0.15) is 5.69 Å². The number of nitrogen functional groups attached to an aromatic ring is 1. The minimum absolute atomic E-state index is 0.145. The summed E-state index contributed by atoms with van der Waals surface area (Å²) in [5.74, 6) is 0.758. The van der Waals surface area contributed by atoms with Gasteiger partial charge in [0.25, 0.3) is 5.91 Å². The fraction of sp³-hybridized carbons (Fsp3) is 0.462. The molecule has 2 aromatic heterocycles. The quantitative estimate of drug-likeness (QED) is 0.907. The fourth-order valence-corrected chi connectivity index (χ4v) is 2.03. The number of carbonyl (C=O) groups is 1. The second-order valence-electron chi connectivity index (χ2n) is 5.25. The Kier molecular flexibility index (Phi) is 3.52. The van der Waals surface area contributed by atoms with Gasteiger partial charge in [-0.2, -0.15) is 10.2 Å². The Bertz CT molecular complexity index is 637. The Hall–Kier alpha value is -2.31. The Balaban J connectivity index is 2.45. The third-order valence-corrected chi connectivity index (χ3v) is 3.06. The molecular weight excluding hydrogens is 256 g/mol. The average molecular weight is 276 g/mol. The van der Waals surface area contributed by atoms with Gasteiger partial charge in [0.05, 0.1) is 5.69 Å². The Morgan fingerprint density at radius 1 is 1.35 bits per heavy atom. The van der Waals surface area contributed by atoms with Gasteiger partial charge in [0.2, 0.25) is 0 Å². The predicted molar refractivity (Wildman–Crippen MR) is 76.8 cm³/mol. The summed E-state index contributed by atoms with van der Waals surface area (Å²) in [5.41, 5.74) is 7.94. The number of aryl methyl sites for hydroxylation is 1. The summed E-state index contributed by atoms with van der Waals surface area (Å²) < 4.78 is 3.27. The molecule has 20 heavy (non-hydrogen) atoms. The standard InChI is InChI=1S/C13H20N6O/c1-8(2)11-10(14)12(18(5)16-11)19-7-6-9(15-19)13(20)17(3)4/h6-8H,14H2,1-5H3. The maximum absolute atomic E-state index is 11.9. The maximum atomic E-state index is 11.9. The van der Waals surface area contributed by atoms with E-state index in [1.165, 1.54) is 4.90 Å². The van der Waals surface area contributed by atoms with Gasteiger partial charge in [-0.15, -0.1) is 0 Å². The first kappa shape index (κ1) is 14.1. The van der Waals surface area contributed by atoms with E-state index in [4.69, 9.17) is 5.73 Å². The number of rotatable bonds is 3. The highest BCUT2D eigenvalue weighted by molar-refractivity contribution is 5.91. The molecule has 108 valence electrons. The summed E-state index contributed by atoms with van der Waals surface area (Å²) in [6.07, 6.45) is 1.72. The molecule has 0 spiro atoms. The SMILES string of the molecule is CC(C)c1nn(C)c(-n2ccc(C(=O)N(C)C)n2)c1N. The zero-order chi connectivity index (χ0) is 15.0. The largest absolute Gasteiger partial charge is 0.394 e. The van der Waals surface area contributed by atoms with Gasteiger partial charge in [-0.1, -0.05) is 13.8 Å². The molecule has 0 aliphatic rings. The molecule has 7 heteroatoms. The highest BCUT2D eigenvalue weighted by Crippen LogP contribution is 2.26. The van der Waals surface area contributed by atoms with Gasteiger partial charge in [0.15, 0.2) is 11.5 Å². The second kappa shape index (κ2) is 4.99. The number of amides is 1. The number of aromatic nitrogens is 4. The summed E-state index contributed by atoms with van der Waals surface area (Å²) in [4.78, 5) is 13.4. The lowest BCUT2D eigenvalue weighted by molar-refractivity contribution is 0.0821. The van der Waals surface area contributed by atoms with Crippen LogP contribution in [0.2, 0.25) is 0 Å². The van der Waals surface area contributed by atoms with Crippen LogP contribution in [0.15, 0.2) is 12.3 Å². The number of nitrogens with zero attached hydrogens (tertiary/aromatic N) is 5. The molecule has 0 radical (unpaired) electrons. The van der Waals surface area contributed by atoms with Crippen molar-refractivity contribution in [1.82, 2.24) is 24.5 Å². The fourth-order valence-electron chi connectivity index (χ4n) is 2.03. The van der Waals surface area contributed by atoms with Gasteiger partial charge in [-0.3, -0.25) is 4.79 Å². The van der Waals surface area contributed by atoms with Crippen LogP contribution in [0.5, 0.6) is 0 Å². The number of hydrogen-bond acceptors (Lipinski definition) is 4. The zero-order valence-electron chi connectivity index (χ0n) is 12.5. The van der Waals surface area contributed by atoms with Crippen LogP contribution < -0.4 is 5.73 Å². The number of nitrogens with two attached hydrogens (primary N) is 1. The van der Waals surface area contributed by atoms with Crippen molar-refractivity contribution in [3.05, 3.63) is 23.7 Å². The molecule has 2 rings (SSSR count). The first-order valence-corrected chi connectivity index (χ1v) is 6.43. The highest BCUT2D eigenvalue weighted by Gasteiger charge is 2.19. The Labute approximate surface area is 118 Å². The molecule has 0 atom stereocenters. The monoisotopic (exact) mass is 276 g/mol. The summed E-state index contributed by atoms with van der Waals surface area (Å²) >= 11 is 0. The smallest absolute Gasteiger partial charge is 0.273 e. The molecule has 7 nitrogen and oxygen atoms in total. The van der Waals surface area contributed by atoms with Crippen molar-refractivity contribution in [1.29, 1.82) is 0 Å². The molecule has 0 bridgehead atoms. The molecule has 0 aliphatic heterocycles. The van der Waals surface area contributed by atoms with Crippen molar-refractivity contribution in [2.75, 3.05) is 19.8 Å². The topological polar surface area (TPSA) is 82.0 Å². The number of hydrogen-bond donors (Lipinski definition) is 1. The lowest BCUT2D eigenvalue weighted by Crippen LogP contribution is -2.22. The molecule has 2 heterocycles. The molecule has 0 saturated carbocycles. The van der Waals surface area contributed by atoms with Crippen LogP contribution in [0.25, 0.3) is 5.82 Å². The van der Waals surface area contributed by atoms with Gasteiger partial charge < -0.3 is 10.6 Å². The molecule has 2 aromatic rings. The van der Waals surface area contributed by atoms with Crippen LogP contribution in [-0.2, 0) is 7.05 Å². The van der Waals surface area contributed by atoms with Crippen molar-refractivity contribution in [2.24, 2.45) is 7.05 Å². The Morgan fingerprint density at radius 3 is 2.50 bits per heavy atom. The summed E-state index contributed by atoms with van der Waals surface area (Å²) in [6, 6.07) is 1.67. The molecule has 0 fully saturated rings. The van der Waals surface area contributed by atoms with E-state index in [9.17, 15) is 4.79 Å². The maximum Gasteiger partial charge on any atom is 0.273 e. The van der Waals surface area contributed by atoms with Gasteiger partial charge >= 0.3 is 0 Å². The molecule has 0 aliphatic carbocycles. The van der Waals surface area contributed by atoms with Crippen LogP contribution in [0.3, 0.4) is 0 Å². The van der Waals surface area contributed by atoms with E-state index in [1.54, 1.807) is 35.7 Å². The van der Waals surface area contributed by atoms with Crippen LogP contribution in [0.4, 0.5) is 5.69 Å². The van der Waals surface area contributed by atoms with E-state index in [2.05, 4.69) is 10.2 Å². The third kappa shape index (κ3) is 2.26. The van der Waals surface area contributed by atoms with Gasteiger partial charge in [-0.25, -0.2) is 9.36 Å². The highest BCUT2D eigenvalue weighted by atomic mass is 16.2. The summed E-state index contributed by atoms with van der Waals surface area (Å²) in [5, 5.41) is 8.69. The van der Waals surface area contributed by atoms with E-state index in [-0.39, 0.29) is 11.8 Å². The van der Waals surface area contributed by atoms with E-state index in [0.29, 0.717) is 17.2 Å². The van der Waals surface area contributed by atoms with Gasteiger partial charge in [0, 0.05) is 27.3 Å². The summed E-state index contributed by atoms with van der Waals surface area (Å²) in [6.45, 7) is 4.07. The van der Waals surface area contributed by atoms with Crippen molar-refractivity contribution < 1.29 is 4.79 Å². The van der Waals surface area contributed by atoms with Crippen LogP contribution >= 0.6 is 0 Å². The van der Waals surface area contributed by atoms with E-state index >= 15 is 0 Å². The first-order chi connectivity index (χ1) is 9.32. The van der Waals surface area contributed by atoms with Crippen molar-refractivity contribution in [3.63, 3.8) is 0 Å². The number of anilines is 1. The molecule has 1 amide bonds. The summed E-state index contributed by atoms with van der Waals surface area (Å²) in [7, 11) is 5.19. The van der Waals surface area contributed by atoms with E-state index in [1.807, 2.05) is 20.9 Å². The molecule has 2 N–H and O–H groups in total. The molecule has 0 saturated heterocycles. The third-order valence-electron chi connectivity index (χ3n) is 3.06. The Morgan fingerprint density at radius 2 is 2.00 bits per heavy atom. The zero-order valence-corrected chi connectivity index (χ0v) is 12.5. The van der Waals surface area contributed by atoms with Crippen LogP contribution in [-0.4, -0.2) is 44.5 Å². The predicted octanol–water partition coefficient (Wildman–Crippen LogP) is 1.01. The van der Waals surface area contributed by atoms with Crippen LogP contribution in [0.1, 0.15) is 35.9 Å². The average Bonchev–Trinajstić information content (AvgIpc) is 2.93. The van der Waals surface area contributed by atoms with E-state index in [0.717, 1.165) is 5.69 Å².